The average Bonchev–Trinajstić information content (AvgIpc) is 2.95. The smallest absolute Gasteiger partial charge is 0.315 e. The highest BCUT2D eigenvalue weighted by Crippen LogP contribution is 2.15. The number of rotatable bonds is 7. The van der Waals surface area contributed by atoms with Crippen LogP contribution in [0.2, 0.25) is 0 Å². The van der Waals surface area contributed by atoms with Gasteiger partial charge in [-0.1, -0.05) is 12.1 Å². The molecule has 1 aromatic carbocycles. The van der Waals surface area contributed by atoms with Crippen LogP contribution in [-0.2, 0) is 7.05 Å². The first-order valence-corrected chi connectivity index (χ1v) is 7.33. The molecule has 23 heavy (non-hydrogen) atoms. The second kappa shape index (κ2) is 8.11. The molecule has 0 bridgehead atoms. The van der Waals surface area contributed by atoms with Gasteiger partial charge in [0.2, 0.25) is 0 Å². The number of nitrogens with zero attached hydrogens (tertiary/aromatic N) is 3. The van der Waals surface area contributed by atoms with E-state index in [1.54, 1.807) is 29.1 Å². The van der Waals surface area contributed by atoms with Crippen molar-refractivity contribution < 1.29 is 13.9 Å². The lowest BCUT2D eigenvalue weighted by Gasteiger charge is -2.14. The fourth-order valence-electron chi connectivity index (χ4n) is 2.01. The highest BCUT2D eigenvalue weighted by Gasteiger charge is 2.13. The minimum absolute atomic E-state index is 0.216. The Bertz CT molecular complexity index is 646. The number of ether oxygens (including phenoxy) is 1. The number of carbonyl (C=O) groups excluding carboxylic acids is 1. The van der Waals surface area contributed by atoms with Crippen LogP contribution in [0.4, 0.5) is 9.18 Å². The van der Waals surface area contributed by atoms with Crippen molar-refractivity contribution in [3.8, 4) is 5.75 Å². The number of hydrogen-bond acceptors (Lipinski definition) is 4. The predicted octanol–water partition coefficient (Wildman–Crippen LogP) is 1.78. The number of benzene rings is 1. The third-order valence-electron chi connectivity index (χ3n) is 3.18. The van der Waals surface area contributed by atoms with Gasteiger partial charge in [-0.15, -0.1) is 10.2 Å². The van der Waals surface area contributed by atoms with Gasteiger partial charge in [0, 0.05) is 13.6 Å². The molecule has 7 nitrogen and oxygen atoms in total. The van der Waals surface area contributed by atoms with Crippen molar-refractivity contribution in [1.82, 2.24) is 25.4 Å². The average molecular weight is 321 g/mol. The molecule has 0 spiro atoms. The summed E-state index contributed by atoms with van der Waals surface area (Å²) in [5, 5.41) is 13.2. The van der Waals surface area contributed by atoms with E-state index in [0.29, 0.717) is 25.4 Å². The lowest BCUT2D eigenvalue weighted by Crippen LogP contribution is -2.38. The summed E-state index contributed by atoms with van der Waals surface area (Å²) < 4.78 is 20.4. The van der Waals surface area contributed by atoms with Gasteiger partial charge in [0.15, 0.2) is 17.4 Å². The quantitative estimate of drug-likeness (QED) is 0.762. The molecule has 1 atom stereocenters. The molecule has 2 N–H and O–H groups in total. The van der Waals surface area contributed by atoms with Crippen molar-refractivity contribution in [2.24, 2.45) is 7.05 Å². The van der Waals surface area contributed by atoms with E-state index >= 15 is 0 Å². The Morgan fingerprint density at radius 1 is 1.43 bits per heavy atom. The zero-order valence-electron chi connectivity index (χ0n) is 13.1. The summed E-state index contributed by atoms with van der Waals surface area (Å²) in [4.78, 5) is 11.8. The summed E-state index contributed by atoms with van der Waals surface area (Å²) in [6, 6.07) is 5.67. The molecule has 1 heterocycles. The highest BCUT2D eigenvalue weighted by molar-refractivity contribution is 5.74. The van der Waals surface area contributed by atoms with Gasteiger partial charge in [0.25, 0.3) is 0 Å². The van der Waals surface area contributed by atoms with Gasteiger partial charge >= 0.3 is 6.03 Å². The number of amides is 2. The Morgan fingerprint density at radius 2 is 2.22 bits per heavy atom. The zero-order chi connectivity index (χ0) is 16.7. The molecule has 1 aromatic heterocycles. The van der Waals surface area contributed by atoms with Gasteiger partial charge in [-0.25, -0.2) is 9.18 Å². The number of aryl methyl sites for hydroxylation is 1. The number of aromatic nitrogens is 3. The molecule has 0 aliphatic carbocycles. The molecule has 8 heteroatoms. The second-order valence-electron chi connectivity index (χ2n) is 5.05. The van der Waals surface area contributed by atoms with Gasteiger partial charge in [0.1, 0.15) is 6.33 Å². The summed E-state index contributed by atoms with van der Waals surface area (Å²) in [5.41, 5.74) is 0. The van der Waals surface area contributed by atoms with Gasteiger partial charge in [-0.2, -0.15) is 0 Å². The summed E-state index contributed by atoms with van der Waals surface area (Å²) in [5.74, 6) is 0.492. The van der Waals surface area contributed by atoms with Gasteiger partial charge < -0.3 is 19.9 Å². The van der Waals surface area contributed by atoms with E-state index in [2.05, 4.69) is 20.8 Å². The normalized spacial score (nSPS) is 11.8. The van der Waals surface area contributed by atoms with Crippen molar-refractivity contribution in [1.29, 1.82) is 0 Å². The van der Waals surface area contributed by atoms with Crippen LogP contribution in [0.1, 0.15) is 25.2 Å². The molecular weight excluding hydrogens is 301 g/mol. The molecule has 2 aromatic rings. The lowest BCUT2D eigenvalue weighted by atomic mass is 10.3. The summed E-state index contributed by atoms with van der Waals surface area (Å²) >= 11 is 0. The Balaban J connectivity index is 1.63. The molecule has 0 unspecified atom stereocenters. The van der Waals surface area contributed by atoms with E-state index in [-0.39, 0.29) is 17.8 Å². The molecule has 0 fully saturated rings. The Morgan fingerprint density at radius 3 is 2.91 bits per heavy atom. The molecule has 2 rings (SSSR count). The second-order valence-corrected chi connectivity index (χ2v) is 5.05. The lowest BCUT2D eigenvalue weighted by molar-refractivity contribution is 0.235. The van der Waals surface area contributed by atoms with Gasteiger partial charge in [-0.05, 0) is 25.5 Å². The topological polar surface area (TPSA) is 81.1 Å². The molecule has 0 aliphatic heterocycles. The molecule has 0 radical (unpaired) electrons. The first-order valence-electron chi connectivity index (χ1n) is 7.33. The van der Waals surface area contributed by atoms with Crippen LogP contribution >= 0.6 is 0 Å². The van der Waals surface area contributed by atoms with E-state index in [1.165, 1.54) is 6.07 Å². The van der Waals surface area contributed by atoms with Crippen LogP contribution in [0, 0.1) is 5.82 Å². The van der Waals surface area contributed by atoms with Crippen molar-refractivity contribution >= 4 is 6.03 Å². The zero-order valence-corrected chi connectivity index (χ0v) is 13.1. The summed E-state index contributed by atoms with van der Waals surface area (Å²) in [6.07, 6.45) is 2.14. The third kappa shape index (κ3) is 4.94. The largest absolute Gasteiger partial charge is 0.490 e. The van der Waals surface area contributed by atoms with Crippen LogP contribution in [0.15, 0.2) is 30.6 Å². The fourth-order valence-corrected chi connectivity index (χ4v) is 2.01. The van der Waals surface area contributed by atoms with Crippen molar-refractivity contribution in [2.45, 2.75) is 19.4 Å². The van der Waals surface area contributed by atoms with E-state index in [4.69, 9.17) is 4.74 Å². The van der Waals surface area contributed by atoms with E-state index in [9.17, 15) is 9.18 Å². The molecule has 0 aliphatic rings. The van der Waals surface area contributed by atoms with E-state index in [0.717, 1.165) is 0 Å². The maximum Gasteiger partial charge on any atom is 0.315 e. The Kier molecular flexibility index (Phi) is 5.90. The summed E-state index contributed by atoms with van der Waals surface area (Å²) in [7, 11) is 1.81. The number of urea groups is 1. The number of para-hydroxylation sites is 1. The predicted molar refractivity (Wildman–Crippen MR) is 82.5 cm³/mol. The standard InChI is InChI=1S/C15H20FN5O2/c1-11(14-20-18-10-21(14)2)19-15(22)17-8-5-9-23-13-7-4-3-6-12(13)16/h3-4,6-7,10-11H,5,8-9H2,1-2H3,(H2,17,19,22)/t11-/m0/s1. The van der Waals surface area contributed by atoms with Crippen molar-refractivity contribution in [3.05, 3.63) is 42.2 Å². The number of nitrogens with one attached hydrogen (secondary N) is 2. The minimum atomic E-state index is -0.393. The van der Waals surface area contributed by atoms with Crippen LogP contribution in [0.5, 0.6) is 5.75 Å². The van der Waals surface area contributed by atoms with Gasteiger partial charge in [0.05, 0.1) is 12.6 Å². The molecule has 2 amide bonds. The molecule has 0 saturated heterocycles. The third-order valence-corrected chi connectivity index (χ3v) is 3.18. The van der Waals surface area contributed by atoms with Crippen molar-refractivity contribution in [3.63, 3.8) is 0 Å². The number of hydrogen-bond donors (Lipinski definition) is 2. The van der Waals surface area contributed by atoms with Crippen LogP contribution in [0.3, 0.4) is 0 Å². The van der Waals surface area contributed by atoms with E-state index < -0.39 is 5.82 Å². The number of halogens is 1. The fraction of sp³-hybridized carbons (Fsp3) is 0.400. The maximum absolute atomic E-state index is 13.3. The molecule has 124 valence electrons. The summed E-state index contributed by atoms with van der Waals surface area (Å²) in [6.45, 7) is 2.57. The van der Waals surface area contributed by atoms with Gasteiger partial charge in [-0.3, -0.25) is 0 Å². The SMILES string of the molecule is C[C@H](NC(=O)NCCCOc1ccccc1F)c1nncn1C. The Labute approximate surface area is 133 Å². The first-order chi connectivity index (χ1) is 11.1. The minimum Gasteiger partial charge on any atom is -0.490 e. The Hall–Kier alpha value is -2.64. The van der Waals surface area contributed by atoms with Crippen molar-refractivity contribution in [2.75, 3.05) is 13.2 Å². The van der Waals surface area contributed by atoms with E-state index in [1.807, 2.05) is 14.0 Å². The monoisotopic (exact) mass is 321 g/mol. The van der Waals surface area contributed by atoms with Crippen LogP contribution < -0.4 is 15.4 Å². The highest BCUT2D eigenvalue weighted by atomic mass is 19.1. The first kappa shape index (κ1) is 16.7. The number of carbonyl (C=O) groups is 1. The van der Waals surface area contributed by atoms with Crippen LogP contribution in [-0.4, -0.2) is 33.9 Å². The maximum atomic E-state index is 13.3. The van der Waals surface area contributed by atoms with Crippen LogP contribution in [0.25, 0.3) is 0 Å². The molecule has 0 saturated carbocycles. The molecular formula is C15H20FN5O2.